The summed E-state index contributed by atoms with van der Waals surface area (Å²) in [6.07, 6.45) is 12.2. The van der Waals surface area contributed by atoms with Gasteiger partial charge in [-0.25, -0.2) is 14.4 Å². The Balaban J connectivity index is 1.31. The van der Waals surface area contributed by atoms with E-state index in [1.807, 2.05) is 0 Å². The lowest BCUT2D eigenvalue weighted by atomic mass is 10.1. The van der Waals surface area contributed by atoms with Crippen LogP contribution in [0.3, 0.4) is 0 Å². The van der Waals surface area contributed by atoms with E-state index in [1.54, 1.807) is 128 Å². The van der Waals surface area contributed by atoms with Crippen LogP contribution in [0.4, 0.5) is 0 Å². The van der Waals surface area contributed by atoms with Crippen molar-refractivity contribution in [3.8, 4) is 51.7 Å². The molecule has 5 rings (SSSR count). The zero-order valence-corrected chi connectivity index (χ0v) is 33.3. The molecule has 0 fully saturated rings. The molecular formula is C47H42O12. The summed E-state index contributed by atoms with van der Waals surface area (Å²) in [4.78, 5) is 38.4. The van der Waals surface area contributed by atoms with Crippen LogP contribution in [-0.2, 0) is 14.4 Å². The second-order valence-electron chi connectivity index (χ2n) is 12.2. The van der Waals surface area contributed by atoms with Gasteiger partial charge in [-0.3, -0.25) is 0 Å². The normalized spacial score (nSPS) is 11.2. The van der Waals surface area contributed by atoms with Crippen molar-refractivity contribution in [1.29, 1.82) is 0 Å². The molecule has 0 spiro atoms. The Morgan fingerprint density at radius 1 is 0.322 bits per heavy atom. The molecule has 0 aliphatic carbocycles. The minimum absolute atomic E-state index is 0.129. The van der Waals surface area contributed by atoms with Crippen molar-refractivity contribution in [2.24, 2.45) is 0 Å². The third kappa shape index (κ3) is 12.4. The monoisotopic (exact) mass is 798 g/mol. The summed E-state index contributed by atoms with van der Waals surface area (Å²) >= 11 is 0. The predicted molar refractivity (Wildman–Crippen MR) is 224 cm³/mol. The molecule has 0 aliphatic heterocycles. The zero-order valence-electron chi connectivity index (χ0n) is 33.3. The lowest BCUT2D eigenvalue weighted by Gasteiger charge is -2.09. The van der Waals surface area contributed by atoms with Crippen LogP contribution in [0.15, 0.2) is 115 Å². The van der Waals surface area contributed by atoms with E-state index in [0.29, 0.717) is 56.9 Å². The van der Waals surface area contributed by atoms with Crippen molar-refractivity contribution in [3.05, 3.63) is 143 Å². The zero-order chi connectivity index (χ0) is 42.1. The van der Waals surface area contributed by atoms with Crippen LogP contribution < -0.4 is 42.6 Å². The second-order valence-corrected chi connectivity index (χ2v) is 12.2. The molecule has 12 heteroatoms. The lowest BCUT2D eigenvalue weighted by molar-refractivity contribution is -0.130. The Bertz CT molecular complexity index is 2290. The molecule has 0 unspecified atom stereocenters. The van der Waals surface area contributed by atoms with Gasteiger partial charge in [-0.15, -0.1) is 0 Å². The van der Waals surface area contributed by atoms with Crippen molar-refractivity contribution < 1.29 is 57.0 Å². The highest BCUT2D eigenvalue weighted by Gasteiger charge is 2.11. The van der Waals surface area contributed by atoms with Gasteiger partial charge in [0.15, 0.2) is 34.5 Å². The van der Waals surface area contributed by atoms with E-state index in [0.717, 1.165) is 11.1 Å². The topological polar surface area (TPSA) is 134 Å². The standard InChI is InChI=1S/C47H42O12/c1-51-39-19-11-32(27-42(39)54-4)14-22-45(48)57-36-17-9-31(10-18-36)7-8-35-25-37(58-46(49)23-15-33-12-20-40(52-2)43(28-33)55-5)30-38(26-35)59-47(50)24-16-34-13-21-41(53-3)44(29-34)56-6/h7-30H,1-6H3/b8-7+,22-14+,23-15+,24-16+. The first-order chi connectivity index (χ1) is 28.6. The maximum absolute atomic E-state index is 12.9. The van der Waals surface area contributed by atoms with E-state index >= 15 is 0 Å². The van der Waals surface area contributed by atoms with Gasteiger partial charge in [0.2, 0.25) is 0 Å². The maximum Gasteiger partial charge on any atom is 0.336 e. The van der Waals surface area contributed by atoms with Crippen molar-refractivity contribution >= 4 is 48.3 Å². The summed E-state index contributed by atoms with van der Waals surface area (Å²) in [5.41, 5.74) is 3.41. The largest absolute Gasteiger partial charge is 0.493 e. The maximum atomic E-state index is 12.9. The molecule has 59 heavy (non-hydrogen) atoms. The van der Waals surface area contributed by atoms with E-state index < -0.39 is 17.9 Å². The van der Waals surface area contributed by atoms with Gasteiger partial charge >= 0.3 is 17.9 Å². The Kier molecular flexibility index (Phi) is 15.1. The number of hydrogen-bond donors (Lipinski definition) is 0. The Labute approximate surface area is 342 Å². The van der Waals surface area contributed by atoms with Gasteiger partial charge in [0, 0.05) is 24.3 Å². The molecule has 0 bridgehead atoms. The molecule has 302 valence electrons. The van der Waals surface area contributed by atoms with E-state index in [2.05, 4.69) is 0 Å². The second kappa shape index (κ2) is 21.0. The molecular weight excluding hydrogens is 757 g/mol. The highest BCUT2D eigenvalue weighted by Crippen LogP contribution is 2.31. The summed E-state index contributed by atoms with van der Waals surface area (Å²) in [5.74, 6) is 1.92. The first-order valence-corrected chi connectivity index (χ1v) is 17.9. The van der Waals surface area contributed by atoms with E-state index in [1.165, 1.54) is 59.8 Å². The number of rotatable bonds is 17. The van der Waals surface area contributed by atoms with Crippen molar-refractivity contribution in [1.82, 2.24) is 0 Å². The molecule has 0 N–H and O–H groups in total. The number of carbonyl (C=O) groups excluding carboxylic acids is 3. The Morgan fingerprint density at radius 3 is 1.00 bits per heavy atom. The minimum atomic E-state index is -0.671. The Morgan fingerprint density at radius 2 is 0.644 bits per heavy atom. The van der Waals surface area contributed by atoms with Gasteiger partial charge in [0.05, 0.1) is 42.7 Å². The molecule has 0 saturated heterocycles. The molecule has 0 radical (unpaired) electrons. The predicted octanol–water partition coefficient (Wildman–Crippen LogP) is 8.77. The molecule has 0 aliphatic rings. The van der Waals surface area contributed by atoms with Gasteiger partial charge in [-0.05, 0) is 107 Å². The fraction of sp³-hybridized carbons (Fsp3) is 0.128. The third-order valence-electron chi connectivity index (χ3n) is 8.36. The molecule has 0 atom stereocenters. The molecule has 12 nitrogen and oxygen atoms in total. The summed E-state index contributed by atoms with van der Waals surface area (Å²) in [6, 6.07) is 27.2. The fourth-order valence-electron chi connectivity index (χ4n) is 5.46. The van der Waals surface area contributed by atoms with Gasteiger partial charge in [0.25, 0.3) is 0 Å². The van der Waals surface area contributed by atoms with Crippen LogP contribution in [0.2, 0.25) is 0 Å². The molecule has 0 aromatic heterocycles. The first-order valence-electron chi connectivity index (χ1n) is 17.9. The lowest BCUT2D eigenvalue weighted by Crippen LogP contribution is -2.06. The number of benzene rings is 5. The van der Waals surface area contributed by atoms with Crippen LogP contribution in [-0.4, -0.2) is 60.6 Å². The van der Waals surface area contributed by atoms with Crippen LogP contribution in [0.25, 0.3) is 30.4 Å². The van der Waals surface area contributed by atoms with Gasteiger partial charge in [0.1, 0.15) is 17.2 Å². The fourth-order valence-corrected chi connectivity index (χ4v) is 5.46. The van der Waals surface area contributed by atoms with Crippen molar-refractivity contribution in [2.75, 3.05) is 42.7 Å². The molecule has 0 heterocycles. The highest BCUT2D eigenvalue weighted by atomic mass is 16.6. The number of methoxy groups -OCH3 is 6. The molecule has 0 amide bonds. The van der Waals surface area contributed by atoms with Gasteiger partial charge < -0.3 is 42.6 Å². The molecule has 5 aromatic carbocycles. The number of ether oxygens (including phenoxy) is 9. The van der Waals surface area contributed by atoms with Crippen molar-refractivity contribution in [2.45, 2.75) is 0 Å². The average Bonchev–Trinajstić information content (AvgIpc) is 3.26. The van der Waals surface area contributed by atoms with Crippen LogP contribution in [0.1, 0.15) is 27.8 Å². The van der Waals surface area contributed by atoms with Crippen molar-refractivity contribution in [3.63, 3.8) is 0 Å². The summed E-state index contributed by atoms with van der Waals surface area (Å²) in [5, 5.41) is 0. The highest BCUT2D eigenvalue weighted by molar-refractivity contribution is 5.91. The minimum Gasteiger partial charge on any atom is -0.493 e. The average molecular weight is 799 g/mol. The van der Waals surface area contributed by atoms with Crippen LogP contribution in [0.5, 0.6) is 51.7 Å². The van der Waals surface area contributed by atoms with E-state index in [4.69, 9.17) is 42.6 Å². The van der Waals surface area contributed by atoms with E-state index in [9.17, 15) is 14.4 Å². The van der Waals surface area contributed by atoms with Gasteiger partial charge in [-0.2, -0.15) is 0 Å². The quantitative estimate of drug-likeness (QED) is 0.0385. The summed E-state index contributed by atoms with van der Waals surface area (Å²) in [7, 11) is 9.19. The smallest absolute Gasteiger partial charge is 0.336 e. The molecule has 5 aromatic rings. The van der Waals surface area contributed by atoms with Gasteiger partial charge in [-0.1, -0.05) is 42.5 Å². The summed E-state index contributed by atoms with van der Waals surface area (Å²) < 4.78 is 48.5. The number of hydrogen-bond acceptors (Lipinski definition) is 12. The number of esters is 3. The van der Waals surface area contributed by atoms with E-state index in [-0.39, 0.29) is 11.5 Å². The Hall–Kier alpha value is -7.73. The number of carbonyl (C=O) groups is 3. The first kappa shape index (κ1) is 42.4. The van der Waals surface area contributed by atoms with Crippen LogP contribution >= 0.6 is 0 Å². The third-order valence-corrected chi connectivity index (χ3v) is 8.36. The van der Waals surface area contributed by atoms with Crippen LogP contribution in [0, 0.1) is 0 Å². The summed E-state index contributed by atoms with van der Waals surface area (Å²) in [6.45, 7) is 0. The molecule has 0 saturated carbocycles. The SMILES string of the molecule is COc1ccc(/C=C/C(=O)Oc2ccc(/C=C/c3cc(OC(=O)/C=C/c4ccc(OC)c(OC)c4)cc(OC(=O)/C=C/c4ccc(OC)c(OC)c4)c3)cc2)cc1OC.